The van der Waals surface area contributed by atoms with E-state index in [0.717, 1.165) is 25.7 Å². The van der Waals surface area contributed by atoms with Crippen molar-refractivity contribution in [1.29, 1.82) is 0 Å². The van der Waals surface area contributed by atoms with Gasteiger partial charge in [-0.3, -0.25) is 14.5 Å². The first-order valence-corrected chi connectivity index (χ1v) is 7.02. The Morgan fingerprint density at radius 2 is 1.78 bits per heavy atom. The fourth-order valence-corrected chi connectivity index (χ4v) is 3.33. The highest BCUT2D eigenvalue weighted by molar-refractivity contribution is 7.80. The largest absolute Gasteiger partial charge is 0.391 e. The quantitative estimate of drug-likeness (QED) is 0.624. The van der Waals surface area contributed by atoms with E-state index in [9.17, 15) is 9.59 Å². The second-order valence-corrected chi connectivity index (χ2v) is 5.94. The number of nitrogens with zero attached hydrogens (tertiary/aromatic N) is 1. The molecule has 1 heterocycles. The van der Waals surface area contributed by atoms with Crippen LogP contribution < -0.4 is 5.73 Å². The lowest BCUT2D eigenvalue weighted by molar-refractivity contribution is -0.144. The van der Waals surface area contributed by atoms with Crippen LogP contribution in [-0.4, -0.2) is 27.2 Å². The Balaban J connectivity index is 2.36. The Kier molecular flexibility index (Phi) is 3.45. The first-order valence-electron chi connectivity index (χ1n) is 6.61. The van der Waals surface area contributed by atoms with Crippen LogP contribution >= 0.6 is 12.2 Å². The van der Waals surface area contributed by atoms with Gasteiger partial charge in [0.25, 0.3) is 0 Å². The van der Waals surface area contributed by atoms with E-state index >= 15 is 0 Å². The molecule has 100 valence electrons. The minimum Gasteiger partial charge on any atom is -0.391 e. The van der Waals surface area contributed by atoms with E-state index < -0.39 is 5.54 Å². The Bertz CT molecular complexity index is 386. The maximum atomic E-state index is 12.5. The third-order valence-electron chi connectivity index (χ3n) is 4.55. The zero-order valence-electron chi connectivity index (χ0n) is 10.9. The molecular formula is C13H20N2O2S. The van der Waals surface area contributed by atoms with Crippen molar-refractivity contribution in [3.8, 4) is 0 Å². The van der Waals surface area contributed by atoms with Crippen molar-refractivity contribution in [3.63, 3.8) is 0 Å². The standard InChI is InChI=1S/C13H20N2O2S/c1-3-13(2,12(14)18)15-10(16)8-6-4-5-7-9(8)11(15)17/h8-9H,3-7H2,1-2H3,(H2,14,18). The molecule has 1 aliphatic heterocycles. The van der Waals surface area contributed by atoms with Crippen molar-refractivity contribution in [2.45, 2.75) is 51.5 Å². The number of imide groups is 1. The Hall–Kier alpha value is -0.970. The molecule has 18 heavy (non-hydrogen) atoms. The first kappa shape index (κ1) is 13.5. The van der Waals surface area contributed by atoms with Gasteiger partial charge in [-0.25, -0.2) is 0 Å². The highest BCUT2D eigenvalue weighted by Crippen LogP contribution is 2.41. The van der Waals surface area contributed by atoms with Crippen molar-refractivity contribution in [1.82, 2.24) is 4.90 Å². The number of hydrogen-bond donors (Lipinski definition) is 1. The average molecular weight is 268 g/mol. The number of nitrogens with two attached hydrogens (primary N) is 1. The molecule has 0 aromatic carbocycles. The minimum atomic E-state index is -0.805. The number of carbonyl (C=O) groups excluding carboxylic acids is 2. The lowest BCUT2D eigenvalue weighted by atomic mass is 9.81. The average Bonchev–Trinajstić information content (AvgIpc) is 2.62. The molecule has 3 unspecified atom stereocenters. The monoisotopic (exact) mass is 268 g/mol. The number of amides is 2. The molecule has 2 amide bonds. The fourth-order valence-electron chi connectivity index (χ4n) is 3.09. The molecule has 2 rings (SSSR count). The molecular weight excluding hydrogens is 248 g/mol. The molecule has 2 N–H and O–H groups in total. The highest BCUT2D eigenvalue weighted by Gasteiger charge is 2.54. The summed E-state index contributed by atoms with van der Waals surface area (Å²) >= 11 is 5.07. The van der Waals surface area contributed by atoms with Gasteiger partial charge in [0.2, 0.25) is 11.8 Å². The highest BCUT2D eigenvalue weighted by atomic mass is 32.1. The second-order valence-electron chi connectivity index (χ2n) is 5.50. The molecule has 1 saturated carbocycles. The lowest BCUT2D eigenvalue weighted by Gasteiger charge is -2.36. The zero-order chi connectivity index (χ0) is 13.5. The van der Waals surface area contributed by atoms with Gasteiger partial charge in [0, 0.05) is 0 Å². The summed E-state index contributed by atoms with van der Waals surface area (Å²) in [5.74, 6) is -0.401. The zero-order valence-corrected chi connectivity index (χ0v) is 11.8. The van der Waals surface area contributed by atoms with Gasteiger partial charge >= 0.3 is 0 Å². The van der Waals surface area contributed by atoms with Gasteiger partial charge in [-0.1, -0.05) is 32.0 Å². The lowest BCUT2D eigenvalue weighted by Crippen LogP contribution is -2.57. The number of carbonyl (C=O) groups is 2. The summed E-state index contributed by atoms with van der Waals surface area (Å²) in [5.41, 5.74) is 4.96. The smallest absolute Gasteiger partial charge is 0.233 e. The van der Waals surface area contributed by atoms with E-state index in [1.54, 1.807) is 6.92 Å². The summed E-state index contributed by atoms with van der Waals surface area (Å²) in [7, 11) is 0. The van der Waals surface area contributed by atoms with E-state index in [2.05, 4.69) is 0 Å². The van der Waals surface area contributed by atoms with Gasteiger partial charge in [0.05, 0.1) is 22.4 Å². The number of likely N-dealkylation sites (tertiary alicyclic amines) is 1. The second kappa shape index (κ2) is 4.61. The van der Waals surface area contributed by atoms with Crippen LogP contribution in [0.3, 0.4) is 0 Å². The molecule has 2 fully saturated rings. The van der Waals surface area contributed by atoms with E-state index in [1.807, 2.05) is 6.92 Å². The number of thiocarbonyl (C=S) groups is 1. The predicted octanol–water partition coefficient (Wildman–Crippen LogP) is 1.62. The first-order chi connectivity index (χ1) is 8.43. The summed E-state index contributed by atoms with van der Waals surface area (Å²) < 4.78 is 0. The number of hydrogen-bond acceptors (Lipinski definition) is 3. The molecule has 0 bridgehead atoms. The van der Waals surface area contributed by atoms with Crippen molar-refractivity contribution < 1.29 is 9.59 Å². The summed E-state index contributed by atoms with van der Waals surface area (Å²) in [6.45, 7) is 3.70. The number of rotatable bonds is 3. The van der Waals surface area contributed by atoms with Gasteiger partial charge in [0.1, 0.15) is 0 Å². The van der Waals surface area contributed by atoms with E-state index in [1.165, 1.54) is 4.90 Å². The SMILES string of the molecule is CCC(C)(C(N)=S)N1C(=O)C2CCCCC2C1=O. The molecule has 0 aromatic rings. The molecule has 0 radical (unpaired) electrons. The third kappa shape index (κ3) is 1.76. The molecule has 4 nitrogen and oxygen atoms in total. The Labute approximate surface area is 113 Å². The van der Waals surface area contributed by atoms with Crippen molar-refractivity contribution in [3.05, 3.63) is 0 Å². The van der Waals surface area contributed by atoms with Crippen LogP contribution in [0, 0.1) is 11.8 Å². The van der Waals surface area contributed by atoms with Gasteiger partial charge in [-0.15, -0.1) is 0 Å². The van der Waals surface area contributed by atoms with E-state index in [0.29, 0.717) is 6.42 Å². The molecule has 1 saturated heterocycles. The fraction of sp³-hybridized carbons (Fsp3) is 0.769. The predicted molar refractivity (Wildman–Crippen MR) is 72.8 cm³/mol. The van der Waals surface area contributed by atoms with Gasteiger partial charge in [0.15, 0.2) is 0 Å². The van der Waals surface area contributed by atoms with Gasteiger partial charge in [-0.05, 0) is 26.2 Å². The molecule has 2 aliphatic rings. The molecule has 5 heteroatoms. The summed E-state index contributed by atoms with van der Waals surface area (Å²) in [6, 6.07) is 0. The van der Waals surface area contributed by atoms with E-state index in [4.69, 9.17) is 18.0 Å². The molecule has 0 spiro atoms. The maximum Gasteiger partial charge on any atom is 0.233 e. The van der Waals surface area contributed by atoms with Crippen LogP contribution in [0.4, 0.5) is 0 Å². The molecule has 3 atom stereocenters. The third-order valence-corrected chi connectivity index (χ3v) is 4.99. The molecule has 0 aromatic heterocycles. The van der Waals surface area contributed by atoms with Gasteiger partial charge in [-0.2, -0.15) is 0 Å². The van der Waals surface area contributed by atoms with Crippen molar-refractivity contribution in [2.75, 3.05) is 0 Å². The maximum absolute atomic E-state index is 12.5. The van der Waals surface area contributed by atoms with Crippen LogP contribution in [0.25, 0.3) is 0 Å². The normalized spacial score (nSPS) is 31.1. The van der Waals surface area contributed by atoms with Crippen LogP contribution in [0.15, 0.2) is 0 Å². The molecule has 1 aliphatic carbocycles. The van der Waals surface area contributed by atoms with Crippen molar-refractivity contribution >= 4 is 29.0 Å². The summed E-state index contributed by atoms with van der Waals surface area (Å²) in [6.07, 6.45) is 4.28. The number of fused-ring (bicyclic) bond motifs is 1. The van der Waals surface area contributed by atoms with Crippen LogP contribution in [0.5, 0.6) is 0 Å². The van der Waals surface area contributed by atoms with Crippen molar-refractivity contribution in [2.24, 2.45) is 17.6 Å². The van der Waals surface area contributed by atoms with Crippen LogP contribution in [0.1, 0.15) is 46.0 Å². The Morgan fingerprint density at radius 1 is 1.33 bits per heavy atom. The topological polar surface area (TPSA) is 63.4 Å². The van der Waals surface area contributed by atoms with Crippen LogP contribution in [-0.2, 0) is 9.59 Å². The Morgan fingerprint density at radius 3 is 2.11 bits per heavy atom. The summed E-state index contributed by atoms with van der Waals surface area (Å²) in [4.78, 5) is 26.5. The summed E-state index contributed by atoms with van der Waals surface area (Å²) in [5, 5.41) is 0. The van der Waals surface area contributed by atoms with E-state index in [-0.39, 0.29) is 28.6 Å². The van der Waals surface area contributed by atoms with Gasteiger partial charge < -0.3 is 5.73 Å². The van der Waals surface area contributed by atoms with Crippen LogP contribution in [0.2, 0.25) is 0 Å². The minimum absolute atomic E-state index is 0.0677.